The summed E-state index contributed by atoms with van der Waals surface area (Å²) in [5, 5.41) is 7.96. The van der Waals surface area contributed by atoms with Gasteiger partial charge in [-0.1, -0.05) is 0 Å². The van der Waals surface area contributed by atoms with Gasteiger partial charge in [0.15, 0.2) is 0 Å². The lowest BCUT2D eigenvalue weighted by Gasteiger charge is -2.22. The number of H-pyrrole nitrogens is 1. The standard InChI is InChI=1S/C24H24N6O2/c1-32-19-10-17(12-26-14-19)21-11-16-6-9-27-24(31)22(16)23(30-21)29-18-2-3-20(28-13-18)15-4-7-25-8-5-15/h2-3,6,9-15,25H,4-5,7-8H2,1H3,(H,27,31)(H,29,30). The van der Waals surface area contributed by atoms with E-state index in [0.717, 1.165) is 48.3 Å². The number of piperidine rings is 1. The van der Waals surface area contributed by atoms with Crippen LogP contribution in [0.25, 0.3) is 22.0 Å². The fourth-order valence-corrected chi connectivity index (χ4v) is 4.10. The largest absolute Gasteiger partial charge is 0.495 e. The van der Waals surface area contributed by atoms with Crippen LogP contribution in [0.1, 0.15) is 24.5 Å². The second-order valence-corrected chi connectivity index (χ2v) is 7.86. The van der Waals surface area contributed by atoms with E-state index < -0.39 is 0 Å². The Bertz CT molecular complexity index is 1300. The Morgan fingerprint density at radius 1 is 1.09 bits per heavy atom. The lowest BCUT2D eigenvalue weighted by Crippen LogP contribution is -2.27. The molecule has 1 aliphatic rings. The van der Waals surface area contributed by atoms with Crippen molar-refractivity contribution in [2.24, 2.45) is 0 Å². The smallest absolute Gasteiger partial charge is 0.259 e. The minimum absolute atomic E-state index is 0.202. The van der Waals surface area contributed by atoms with Crippen molar-refractivity contribution in [2.75, 3.05) is 25.5 Å². The number of pyridine rings is 4. The van der Waals surface area contributed by atoms with Gasteiger partial charge in [0.05, 0.1) is 36.3 Å². The van der Waals surface area contributed by atoms with Crippen LogP contribution >= 0.6 is 0 Å². The first-order chi connectivity index (χ1) is 15.7. The molecule has 0 radical (unpaired) electrons. The van der Waals surface area contributed by atoms with Gasteiger partial charge in [-0.2, -0.15) is 0 Å². The first-order valence-electron chi connectivity index (χ1n) is 10.7. The number of nitrogens with one attached hydrogen (secondary N) is 3. The maximum absolute atomic E-state index is 12.6. The van der Waals surface area contributed by atoms with Crippen LogP contribution in [-0.4, -0.2) is 40.1 Å². The molecule has 162 valence electrons. The van der Waals surface area contributed by atoms with E-state index in [1.165, 1.54) is 0 Å². The third-order valence-electron chi connectivity index (χ3n) is 5.81. The number of ether oxygens (including phenoxy) is 1. The summed E-state index contributed by atoms with van der Waals surface area (Å²) in [6.45, 7) is 2.05. The zero-order chi connectivity index (χ0) is 21.9. The number of methoxy groups -OCH3 is 1. The van der Waals surface area contributed by atoms with Gasteiger partial charge in [0.1, 0.15) is 11.6 Å². The van der Waals surface area contributed by atoms with Crippen LogP contribution in [0.15, 0.2) is 59.9 Å². The highest BCUT2D eigenvalue weighted by molar-refractivity contribution is 5.95. The van der Waals surface area contributed by atoms with Crippen molar-refractivity contribution in [3.63, 3.8) is 0 Å². The number of hydrogen-bond donors (Lipinski definition) is 3. The van der Waals surface area contributed by atoms with E-state index in [4.69, 9.17) is 9.72 Å². The lowest BCUT2D eigenvalue weighted by atomic mass is 9.94. The molecule has 0 spiro atoms. The Morgan fingerprint density at radius 3 is 2.75 bits per heavy atom. The topological polar surface area (TPSA) is 105 Å². The molecule has 5 rings (SSSR count). The average Bonchev–Trinajstić information content (AvgIpc) is 2.85. The minimum Gasteiger partial charge on any atom is -0.495 e. The van der Waals surface area contributed by atoms with E-state index in [1.807, 2.05) is 30.5 Å². The summed E-state index contributed by atoms with van der Waals surface area (Å²) in [5.74, 6) is 1.59. The van der Waals surface area contributed by atoms with Crippen LogP contribution in [0.2, 0.25) is 0 Å². The molecule has 0 aromatic carbocycles. The zero-order valence-electron chi connectivity index (χ0n) is 17.8. The Kier molecular flexibility index (Phi) is 5.51. The van der Waals surface area contributed by atoms with Crippen LogP contribution in [0.5, 0.6) is 5.75 Å². The predicted molar refractivity (Wildman–Crippen MR) is 125 cm³/mol. The SMILES string of the molecule is COc1cncc(-c2cc3cc[nH]c(=O)c3c(Nc3ccc(C4CCNCC4)nc3)n2)c1. The van der Waals surface area contributed by atoms with Crippen molar-refractivity contribution < 1.29 is 4.74 Å². The fourth-order valence-electron chi connectivity index (χ4n) is 4.10. The van der Waals surface area contributed by atoms with Crippen molar-refractivity contribution in [3.8, 4) is 17.0 Å². The third-order valence-corrected chi connectivity index (χ3v) is 5.81. The van der Waals surface area contributed by atoms with Gasteiger partial charge in [0.25, 0.3) is 5.56 Å². The normalized spacial score (nSPS) is 14.4. The first kappa shape index (κ1) is 20.1. The molecule has 0 unspecified atom stereocenters. The van der Waals surface area contributed by atoms with Gasteiger partial charge < -0.3 is 20.4 Å². The molecule has 0 aliphatic carbocycles. The monoisotopic (exact) mass is 428 g/mol. The molecule has 5 heterocycles. The molecule has 0 amide bonds. The maximum Gasteiger partial charge on any atom is 0.259 e. The van der Waals surface area contributed by atoms with Crippen molar-refractivity contribution in [1.29, 1.82) is 0 Å². The van der Waals surface area contributed by atoms with E-state index in [9.17, 15) is 4.79 Å². The molecule has 0 atom stereocenters. The molecular weight excluding hydrogens is 404 g/mol. The quantitative estimate of drug-likeness (QED) is 0.446. The molecule has 1 saturated heterocycles. The van der Waals surface area contributed by atoms with Crippen LogP contribution < -0.4 is 20.9 Å². The van der Waals surface area contributed by atoms with E-state index >= 15 is 0 Å². The molecule has 0 saturated carbocycles. The second-order valence-electron chi connectivity index (χ2n) is 7.86. The summed E-state index contributed by atoms with van der Waals surface area (Å²) < 4.78 is 5.30. The summed E-state index contributed by atoms with van der Waals surface area (Å²) >= 11 is 0. The molecule has 8 heteroatoms. The van der Waals surface area contributed by atoms with Gasteiger partial charge in [-0.3, -0.25) is 14.8 Å². The molecule has 1 fully saturated rings. The predicted octanol–water partition coefficient (Wildman–Crippen LogP) is 3.60. The van der Waals surface area contributed by atoms with Crippen LogP contribution in [0.4, 0.5) is 11.5 Å². The maximum atomic E-state index is 12.6. The number of aromatic nitrogens is 4. The highest BCUT2D eigenvalue weighted by Crippen LogP contribution is 2.29. The number of rotatable bonds is 5. The highest BCUT2D eigenvalue weighted by Gasteiger charge is 2.17. The van der Waals surface area contributed by atoms with Gasteiger partial charge in [-0.25, -0.2) is 4.98 Å². The number of nitrogens with zero attached hydrogens (tertiary/aromatic N) is 3. The molecule has 3 N–H and O–H groups in total. The molecule has 4 aromatic rings. The Morgan fingerprint density at radius 2 is 1.97 bits per heavy atom. The van der Waals surface area contributed by atoms with E-state index in [-0.39, 0.29) is 5.56 Å². The Balaban J connectivity index is 1.53. The number of anilines is 2. The molecule has 32 heavy (non-hydrogen) atoms. The first-order valence-corrected chi connectivity index (χ1v) is 10.7. The zero-order valence-corrected chi connectivity index (χ0v) is 17.8. The molecule has 8 nitrogen and oxygen atoms in total. The van der Waals surface area contributed by atoms with E-state index in [0.29, 0.717) is 28.6 Å². The van der Waals surface area contributed by atoms with Crippen molar-refractivity contribution >= 4 is 22.3 Å². The summed E-state index contributed by atoms with van der Waals surface area (Å²) in [4.78, 5) is 29.0. The summed E-state index contributed by atoms with van der Waals surface area (Å²) in [5.41, 5.74) is 3.17. The molecule has 1 aliphatic heterocycles. The van der Waals surface area contributed by atoms with E-state index in [2.05, 4.69) is 31.7 Å². The second kappa shape index (κ2) is 8.76. The van der Waals surface area contributed by atoms with Gasteiger partial charge in [0, 0.05) is 29.6 Å². The van der Waals surface area contributed by atoms with Crippen molar-refractivity contribution in [3.05, 3.63) is 71.2 Å². The summed E-state index contributed by atoms with van der Waals surface area (Å²) in [7, 11) is 1.60. The van der Waals surface area contributed by atoms with Crippen LogP contribution in [0, 0.1) is 0 Å². The minimum atomic E-state index is -0.202. The molecular formula is C24H24N6O2. The highest BCUT2D eigenvalue weighted by atomic mass is 16.5. The van der Waals surface area contributed by atoms with E-state index in [1.54, 1.807) is 25.7 Å². The number of fused-ring (bicyclic) bond motifs is 1. The fraction of sp³-hybridized carbons (Fsp3) is 0.250. The molecule has 4 aromatic heterocycles. The van der Waals surface area contributed by atoms with Crippen molar-refractivity contribution in [2.45, 2.75) is 18.8 Å². The average molecular weight is 428 g/mol. The summed E-state index contributed by atoms with van der Waals surface area (Å²) in [6.07, 6.45) is 9.00. The van der Waals surface area contributed by atoms with Gasteiger partial charge >= 0.3 is 0 Å². The van der Waals surface area contributed by atoms with Crippen LogP contribution in [0.3, 0.4) is 0 Å². The number of hydrogen-bond acceptors (Lipinski definition) is 7. The molecule has 0 bridgehead atoms. The van der Waals surface area contributed by atoms with Gasteiger partial charge in [-0.15, -0.1) is 0 Å². The Hall–Kier alpha value is -3.78. The number of aromatic amines is 1. The summed E-state index contributed by atoms with van der Waals surface area (Å²) in [6, 6.07) is 9.66. The van der Waals surface area contributed by atoms with Crippen LogP contribution in [-0.2, 0) is 0 Å². The third kappa shape index (κ3) is 4.04. The Labute approximate surface area is 185 Å². The van der Waals surface area contributed by atoms with Gasteiger partial charge in [-0.05, 0) is 61.6 Å². The lowest BCUT2D eigenvalue weighted by molar-refractivity contribution is 0.413. The van der Waals surface area contributed by atoms with Crippen molar-refractivity contribution in [1.82, 2.24) is 25.3 Å². The van der Waals surface area contributed by atoms with Gasteiger partial charge in [0.2, 0.25) is 0 Å².